The van der Waals surface area contributed by atoms with Crippen LogP contribution in [-0.4, -0.2) is 61.3 Å². The lowest BCUT2D eigenvalue weighted by Crippen LogP contribution is -2.36. The third-order valence-electron chi connectivity index (χ3n) is 5.55. The van der Waals surface area contributed by atoms with Crippen LogP contribution in [0.1, 0.15) is 48.0 Å². The van der Waals surface area contributed by atoms with E-state index in [1.54, 1.807) is 0 Å². The van der Waals surface area contributed by atoms with Gasteiger partial charge in [-0.3, -0.25) is 9.69 Å². The minimum Gasteiger partial charge on any atom is -0.465 e. The Hall–Kier alpha value is -3.16. The molecule has 1 aliphatic rings. The standard InChI is InChI=1S/C22H24N2O3.C5H10O2/c1-26-22(25)17-8-6-16(7-9-17)14-19-18-4-2-3-5-20(18)23-21(19)15-24-10-12-27-13-11-24;1-5(2,3)7-4-6/h2-9,23H,10-15H2,1H3;4H,1-3H3. The fourth-order valence-electron chi connectivity index (χ4n) is 3.80. The van der Waals surface area contributed by atoms with Crippen molar-refractivity contribution in [2.75, 3.05) is 33.4 Å². The van der Waals surface area contributed by atoms with Crippen LogP contribution in [0.4, 0.5) is 0 Å². The fourth-order valence-corrected chi connectivity index (χ4v) is 3.80. The highest BCUT2D eigenvalue weighted by Crippen LogP contribution is 2.26. The molecule has 0 radical (unpaired) electrons. The van der Waals surface area contributed by atoms with E-state index >= 15 is 0 Å². The summed E-state index contributed by atoms with van der Waals surface area (Å²) >= 11 is 0. The molecule has 1 N–H and O–H groups in total. The van der Waals surface area contributed by atoms with Crippen LogP contribution in [0.2, 0.25) is 0 Å². The number of fused-ring (bicyclic) bond motifs is 1. The molecule has 0 bridgehead atoms. The van der Waals surface area contributed by atoms with Crippen LogP contribution < -0.4 is 0 Å². The van der Waals surface area contributed by atoms with Crippen molar-refractivity contribution in [3.63, 3.8) is 0 Å². The largest absolute Gasteiger partial charge is 0.465 e. The molecule has 0 atom stereocenters. The van der Waals surface area contributed by atoms with Crippen molar-refractivity contribution >= 4 is 23.3 Å². The Bertz CT molecular complexity index is 1080. The second kappa shape index (κ2) is 11.8. The van der Waals surface area contributed by atoms with Gasteiger partial charge in [-0.15, -0.1) is 0 Å². The van der Waals surface area contributed by atoms with Gasteiger partial charge in [0, 0.05) is 36.2 Å². The molecule has 0 saturated carbocycles. The normalized spacial score (nSPS) is 14.2. The molecule has 7 nitrogen and oxygen atoms in total. The van der Waals surface area contributed by atoms with Crippen LogP contribution in [0.5, 0.6) is 0 Å². The summed E-state index contributed by atoms with van der Waals surface area (Å²) in [6, 6.07) is 16.1. The van der Waals surface area contributed by atoms with Gasteiger partial charge in [0.25, 0.3) is 6.47 Å². The van der Waals surface area contributed by atoms with Gasteiger partial charge in [-0.05, 0) is 56.5 Å². The number of esters is 1. The minimum absolute atomic E-state index is 0.304. The van der Waals surface area contributed by atoms with E-state index in [0.717, 1.165) is 39.3 Å². The summed E-state index contributed by atoms with van der Waals surface area (Å²) in [7, 11) is 1.40. The van der Waals surface area contributed by atoms with Gasteiger partial charge in [0.05, 0.1) is 25.9 Å². The number of morpholine rings is 1. The van der Waals surface area contributed by atoms with Crippen LogP contribution in [0.3, 0.4) is 0 Å². The summed E-state index contributed by atoms with van der Waals surface area (Å²) in [5.74, 6) is -0.304. The zero-order valence-corrected chi connectivity index (χ0v) is 20.4. The van der Waals surface area contributed by atoms with Crippen LogP contribution in [0.25, 0.3) is 10.9 Å². The van der Waals surface area contributed by atoms with Gasteiger partial charge in [-0.25, -0.2) is 4.79 Å². The maximum Gasteiger partial charge on any atom is 0.337 e. The first kappa shape index (κ1) is 25.5. The number of methoxy groups -OCH3 is 1. The highest BCUT2D eigenvalue weighted by Gasteiger charge is 2.17. The van der Waals surface area contributed by atoms with Crippen LogP contribution in [0.15, 0.2) is 48.5 Å². The maximum atomic E-state index is 11.6. The lowest BCUT2D eigenvalue weighted by atomic mass is 10.0. The van der Waals surface area contributed by atoms with Gasteiger partial charge >= 0.3 is 5.97 Å². The Morgan fingerprint density at radius 3 is 2.35 bits per heavy atom. The van der Waals surface area contributed by atoms with Crippen molar-refractivity contribution in [1.82, 2.24) is 9.88 Å². The molecule has 1 saturated heterocycles. The number of aromatic nitrogens is 1. The van der Waals surface area contributed by atoms with Gasteiger partial charge in [-0.1, -0.05) is 30.3 Å². The van der Waals surface area contributed by atoms with E-state index in [9.17, 15) is 9.59 Å². The topological polar surface area (TPSA) is 80.9 Å². The minimum atomic E-state index is -0.318. The number of para-hydroxylation sites is 1. The first-order chi connectivity index (χ1) is 16.3. The van der Waals surface area contributed by atoms with E-state index in [4.69, 9.17) is 9.47 Å². The number of nitrogens with one attached hydrogen (secondary N) is 1. The Morgan fingerprint density at radius 1 is 1.09 bits per heavy atom. The Morgan fingerprint density at radius 2 is 1.76 bits per heavy atom. The summed E-state index contributed by atoms with van der Waals surface area (Å²) in [4.78, 5) is 27.3. The second-order valence-electron chi connectivity index (χ2n) is 9.21. The zero-order chi connectivity index (χ0) is 24.6. The van der Waals surface area contributed by atoms with Crippen molar-refractivity contribution < 1.29 is 23.8 Å². The monoisotopic (exact) mass is 466 g/mol. The van der Waals surface area contributed by atoms with Gasteiger partial charge in [-0.2, -0.15) is 0 Å². The lowest BCUT2D eigenvalue weighted by Gasteiger charge is -2.26. The van der Waals surface area contributed by atoms with Crippen molar-refractivity contribution in [2.45, 2.75) is 39.3 Å². The van der Waals surface area contributed by atoms with Gasteiger partial charge in [0.15, 0.2) is 0 Å². The quantitative estimate of drug-likeness (QED) is 0.430. The SMILES string of the molecule is CC(C)(C)OC=O.COC(=O)c1ccc(Cc2c(CN3CCOCC3)[nH]c3ccccc23)cc1. The average Bonchev–Trinajstić information content (AvgIpc) is 3.16. The molecule has 0 spiro atoms. The summed E-state index contributed by atoms with van der Waals surface area (Å²) < 4.78 is 14.8. The molecule has 182 valence electrons. The number of hydrogen-bond acceptors (Lipinski definition) is 6. The molecule has 2 aromatic carbocycles. The van der Waals surface area contributed by atoms with E-state index in [2.05, 4.69) is 38.9 Å². The number of benzene rings is 2. The number of rotatable bonds is 6. The molecular formula is C27H34N2O5. The fraction of sp³-hybridized carbons (Fsp3) is 0.407. The maximum absolute atomic E-state index is 11.6. The summed E-state index contributed by atoms with van der Waals surface area (Å²) in [6.07, 6.45) is 0.825. The van der Waals surface area contributed by atoms with Crippen molar-refractivity contribution in [2.24, 2.45) is 0 Å². The predicted octanol–water partition coefficient (Wildman–Crippen LogP) is 4.34. The molecule has 1 aromatic heterocycles. The predicted molar refractivity (Wildman–Crippen MR) is 132 cm³/mol. The molecule has 1 fully saturated rings. The third kappa shape index (κ3) is 7.17. The molecular weight excluding hydrogens is 432 g/mol. The first-order valence-electron chi connectivity index (χ1n) is 11.5. The molecule has 0 amide bonds. The molecule has 2 heterocycles. The molecule has 34 heavy (non-hydrogen) atoms. The third-order valence-corrected chi connectivity index (χ3v) is 5.55. The van der Waals surface area contributed by atoms with E-state index in [-0.39, 0.29) is 11.6 Å². The van der Waals surface area contributed by atoms with Crippen LogP contribution in [0, 0.1) is 0 Å². The number of hydrogen-bond donors (Lipinski definition) is 1. The van der Waals surface area contributed by atoms with E-state index in [1.165, 1.54) is 34.8 Å². The van der Waals surface area contributed by atoms with Gasteiger partial charge in [0.2, 0.25) is 0 Å². The van der Waals surface area contributed by atoms with Crippen molar-refractivity contribution in [1.29, 1.82) is 0 Å². The molecule has 1 aliphatic heterocycles. The average molecular weight is 467 g/mol. The van der Waals surface area contributed by atoms with E-state index < -0.39 is 0 Å². The van der Waals surface area contributed by atoms with Gasteiger partial charge < -0.3 is 19.2 Å². The summed E-state index contributed by atoms with van der Waals surface area (Å²) in [5.41, 5.74) is 5.19. The van der Waals surface area contributed by atoms with Crippen molar-refractivity contribution in [3.8, 4) is 0 Å². The number of carbonyl (C=O) groups excluding carboxylic acids is 2. The Labute approximate surface area is 201 Å². The first-order valence-corrected chi connectivity index (χ1v) is 11.5. The van der Waals surface area contributed by atoms with E-state index in [1.807, 2.05) is 45.0 Å². The van der Waals surface area contributed by atoms with Gasteiger partial charge in [0.1, 0.15) is 5.60 Å². The van der Waals surface area contributed by atoms with E-state index in [0.29, 0.717) is 12.0 Å². The number of H-pyrrole nitrogens is 1. The highest BCUT2D eigenvalue weighted by molar-refractivity contribution is 5.89. The highest BCUT2D eigenvalue weighted by atomic mass is 16.5. The van der Waals surface area contributed by atoms with Crippen LogP contribution >= 0.6 is 0 Å². The molecule has 0 aliphatic carbocycles. The number of carbonyl (C=O) groups is 2. The number of nitrogens with zero attached hydrogens (tertiary/aromatic N) is 1. The number of aromatic amines is 1. The second-order valence-corrected chi connectivity index (χ2v) is 9.21. The Balaban J connectivity index is 0.000000406. The van der Waals surface area contributed by atoms with Crippen LogP contribution in [-0.2, 0) is 32.0 Å². The van der Waals surface area contributed by atoms with Crippen molar-refractivity contribution in [3.05, 3.63) is 70.9 Å². The summed E-state index contributed by atoms with van der Waals surface area (Å²) in [6.45, 7) is 10.3. The molecule has 7 heteroatoms. The number of ether oxygens (including phenoxy) is 3. The zero-order valence-electron chi connectivity index (χ0n) is 20.4. The lowest BCUT2D eigenvalue weighted by molar-refractivity contribution is -0.138. The molecule has 3 aromatic rings. The molecule has 4 rings (SSSR count). The summed E-state index contributed by atoms with van der Waals surface area (Å²) in [5, 5.41) is 1.26. The Kier molecular flexibility index (Phi) is 8.85. The smallest absolute Gasteiger partial charge is 0.337 e. The molecule has 0 unspecified atom stereocenters.